The van der Waals surface area contributed by atoms with Crippen molar-refractivity contribution >= 4 is 17.4 Å². The summed E-state index contributed by atoms with van der Waals surface area (Å²) >= 11 is 0. The van der Waals surface area contributed by atoms with Crippen LogP contribution in [0.4, 0.5) is 16.2 Å². The number of nitro benzene ring substituents is 1. The Kier molecular flexibility index (Phi) is 3.64. The Morgan fingerprint density at radius 2 is 2.00 bits per heavy atom. The fourth-order valence-corrected chi connectivity index (χ4v) is 3.06. The number of nitrogens with one attached hydrogen (secondary N) is 1. The molecule has 2 amide bonds. The van der Waals surface area contributed by atoms with Crippen LogP contribution in [0.25, 0.3) is 0 Å². The summed E-state index contributed by atoms with van der Waals surface area (Å²) in [4.78, 5) is 26.2. The molecule has 0 aliphatic carbocycles. The minimum Gasteiger partial charge on any atom is -0.369 e. The van der Waals surface area contributed by atoms with E-state index in [1.165, 1.54) is 12.1 Å². The number of rotatable bonds is 3. The van der Waals surface area contributed by atoms with Crippen LogP contribution in [0.15, 0.2) is 24.3 Å². The molecule has 3 rings (SSSR count). The third kappa shape index (κ3) is 2.76. The van der Waals surface area contributed by atoms with Crippen LogP contribution in [-0.2, 0) is 0 Å². The molecule has 7 nitrogen and oxygen atoms in total. The van der Waals surface area contributed by atoms with Crippen molar-refractivity contribution in [3.05, 3.63) is 34.4 Å². The van der Waals surface area contributed by atoms with Crippen molar-refractivity contribution in [1.82, 2.24) is 10.2 Å². The van der Waals surface area contributed by atoms with Crippen LogP contribution in [0.1, 0.15) is 12.8 Å². The molecule has 2 fully saturated rings. The normalized spacial score (nSPS) is 22.3. The number of carbonyl (C=O) groups excluding carboxylic acids is 1. The lowest BCUT2D eigenvalue weighted by Gasteiger charge is -2.38. The second-order valence-corrected chi connectivity index (χ2v) is 5.44. The van der Waals surface area contributed by atoms with Crippen LogP contribution in [0, 0.1) is 10.1 Å². The predicted molar refractivity (Wildman–Crippen MR) is 78.4 cm³/mol. The number of nitrogens with zero attached hydrogens (tertiary/aromatic N) is 3. The molecule has 21 heavy (non-hydrogen) atoms. The highest BCUT2D eigenvalue weighted by Crippen LogP contribution is 2.25. The van der Waals surface area contributed by atoms with Gasteiger partial charge in [0.05, 0.1) is 11.0 Å². The van der Waals surface area contributed by atoms with E-state index in [1.54, 1.807) is 12.1 Å². The SMILES string of the molecule is O=C1NCCN1C1CCCN(c2ccc([N+](=O)[O-])cc2)C1. The van der Waals surface area contributed by atoms with Gasteiger partial charge in [-0.3, -0.25) is 10.1 Å². The number of carbonyl (C=O) groups is 1. The third-order valence-corrected chi connectivity index (χ3v) is 4.15. The Labute approximate surface area is 122 Å². The van der Waals surface area contributed by atoms with E-state index in [9.17, 15) is 14.9 Å². The lowest BCUT2D eigenvalue weighted by molar-refractivity contribution is -0.384. The maximum absolute atomic E-state index is 11.8. The highest BCUT2D eigenvalue weighted by molar-refractivity contribution is 5.76. The van der Waals surface area contributed by atoms with Gasteiger partial charge in [-0.25, -0.2) is 4.79 Å². The van der Waals surface area contributed by atoms with Gasteiger partial charge >= 0.3 is 6.03 Å². The number of urea groups is 1. The molecule has 1 N–H and O–H groups in total. The minimum atomic E-state index is -0.392. The van der Waals surface area contributed by atoms with Gasteiger partial charge in [-0.05, 0) is 25.0 Å². The van der Waals surface area contributed by atoms with Crippen LogP contribution in [0.3, 0.4) is 0 Å². The Bertz CT molecular complexity index is 546. The van der Waals surface area contributed by atoms with Gasteiger partial charge in [-0.2, -0.15) is 0 Å². The molecule has 0 aromatic heterocycles. The molecule has 112 valence electrons. The highest BCUT2D eigenvalue weighted by Gasteiger charge is 2.31. The largest absolute Gasteiger partial charge is 0.369 e. The van der Waals surface area contributed by atoms with Gasteiger partial charge in [0.15, 0.2) is 0 Å². The van der Waals surface area contributed by atoms with E-state index < -0.39 is 4.92 Å². The summed E-state index contributed by atoms with van der Waals surface area (Å²) in [5.41, 5.74) is 1.08. The van der Waals surface area contributed by atoms with Gasteiger partial charge in [0.1, 0.15) is 0 Å². The maximum atomic E-state index is 11.8. The van der Waals surface area contributed by atoms with Crippen molar-refractivity contribution in [3.63, 3.8) is 0 Å². The average Bonchev–Trinajstić information content (AvgIpc) is 2.94. The van der Waals surface area contributed by atoms with E-state index >= 15 is 0 Å². The number of piperidine rings is 1. The molecule has 1 unspecified atom stereocenters. The number of amides is 2. The molecule has 0 radical (unpaired) electrons. The van der Waals surface area contributed by atoms with Gasteiger partial charge in [-0.1, -0.05) is 0 Å². The number of benzene rings is 1. The van der Waals surface area contributed by atoms with E-state index in [0.29, 0.717) is 6.54 Å². The fraction of sp³-hybridized carbons (Fsp3) is 0.500. The summed E-state index contributed by atoms with van der Waals surface area (Å²) in [7, 11) is 0. The van der Waals surface area contributed by atoms with Gasteiger partial charge in [-0.15, -0.1) is 0 Å². The number of hydrogen-bond donors (Lipinski definition) is 1. The zero-order valence-corrected chi connectivity index (χ0v) is 11.7. The molecule has 1 atom stereocenters. The molecule has 1 aromatic rings. The van der Waals surface area contributed by atoms with Crippen molar-refractivity contribution in [2.75, 3.05) is 31.1 Å². The molecule has 2 aliphatic rings. The Hall–Kier alpha value is -2.31. The average molecular weight is 290 g/mol. The summed E-state index contributed by atoms with van der Waals surface area (Å²) in [5.74, 6) is 0. The first kappa shape index (κ1) is 13.7. The fourth-order valence-electron chi connectivity index (χ4n) is 3.06. The van der Waals surface area contributed by atoms with Crippen LogP contribution < -0.4 is 10.2 Å². The second kappa shape index (κ2) is 5.59. The quantitative estimate of drug-likeness (QED) is 0.677. The van der Waals surface area contributed by atoms with Crippen LogP contribution in [0.2, 0.25) is 0 Å². The molecule has 7 heteroatoms. The topological polar surface area (TPSA) is 78.7 Å². The zero-order chi connectivity index (χ0) is 14.8. The predicted octanol–water partition coefficient (Wildman–Crippen LogP) is 1.59. The zero-order valence-electron chi connectivity index (χ0n) is 11.7. The molecule has 2 saturated heterocycles. The lowest BCUT2D eigenvalue weighted by atomic mass is 10.0. The number of nitro groups is 1. The minimum absolute atomic E-state index is 0.0190. The smallest absolute Gasteiger partial charge is 0.317 e. The van der Waals surface area contributed by atoms with Crippen molar-refractivity contribution < 1.29 is 9.72 Å². The molecule has 2 aliphatic heterocycles. The number of hydrogen-bond acceptors (Lipinski definition) is 4. The number of anilines is 1. The lowest BCUT2D eigenvalue weighted by Crippen LogP contribution is -2.49. The van der Waals surface area contributed by atoms with E-state index in [1.807, 2.05) is 4.90 Å². The third-order valence-electron chi connectivity index (χ3n) is 4.15. The van der Waals surface area contributed by atoms with Crippen LogP contribution in [0.5, 0.6) is 0 Å². The first-order chi connectivity index (χ1) is 10.1. The maximum Gasteiger partial charge on any atom is 0.317 e. The van der Waals surface area contributed by atoms with Gasteiger partial charge < -0.3 is 15.1 Å². The standard InChI is InChI=1S/C14H18N4O3/c19-14-15-7-9-17(14)13-2-1-8-16(10-13)11-3-5-12(6-4-11)18(20)21/h3-6,13H,1-2,7-10H2,(H,15,19). The molecular weight excluding hydrogens is 272 g/mol. The van der Waals surface area contributed by atoms with E-state index in [4.69, 9.17) is 0 Å². The highest BCUT2D eigenvalue weighted by atomic mass is 16.6. The van der Waals surface area contributed by atoms with Crippen molar-refractivity contribution in [2.24, 2.45) is 0 Å². The van der Waals surface area contributed by atoms with Gasteiger partial charge in [0.2, 0.25) is 0 Å². The Morgan fingerprint density at radius 1 is 1.24 bits per heavy atom. The van der Waals surface area contributed by atoms with Crippen LogP contribution >= 0.6 is 0 Å². The summed E-state index contributed by atoms with van der Waals surface area (Å²) in [6.45, 7) is 3.18. The molecule has 1 aromatic carbocycles. The molecular formula is C14H18N4O3. The van der Waals surface area contributed by atoms with Crippen LogP contribution in [-0.4, -0.2) is 48.1 Å². The monoisotopic (exact) mass is 290 g/mol. The van der Waals surface area contributed by atoms with E-state index in [2.05, 4.69) is 10.2 Å². The molecule has 0 spiro atoms. The van der Waals surface area contributed by atoms with Crippen molar-refractivity contribution in [2.45, 2.75) is 18.9 Å². The molecule has 0 bridgehead atoms. The van der Waals surface area contributed by atoms with E-state index in [0.717, 1.165) is 38.2 Å². The van der Waals surface area contributed by atoms with E-state index in [-0.39, 0.29) is 17.8 Å². The summed E-state index contributed by atoms with van der Waals surface area (Å²) in [6, 6.07) is 6.86. The first-order valence-electron chi connectivity index (χ1n) is 7.19. The van der Waals surface area contributed by atoms with Crippen molar-refractivity contribution in [1.29, 1.82) is 0 Å². The molecule has 0 saturated carbocycles. The van der Waals surface area contributed by atoms with Crippen molar-refractivity contribution in [3.8, 4) is 0 Å². The second-order valence-electron chi connectivity index (χ2n) is 5.44. The molecule has 2 heterocycles. The summed E-state index contributed by atoms with van der Waals surface area (Å²) < 4.78 is 0. The summed E-state index contributed by atoms with van der Waals surface area (Å²) in [6.07, 6.45) is 2.03. The van der Waals surface area contributed by atoms with Gasteiger partial charge in [0.25, 0.3) is 5.69 Å². The Morgan fingerprint density at radius 3 is 2.62 bits per heavy atom. The number of non-ortho nitro benzene ring substituents is 1. The Balaban J connectivity index is 1.70. The summed E-state index contributed by atoms with van der Waals surface area (Å²) in [5, 5.41) is 13.5. The first-order valence-corrected chi connectivity index (χ1v) is 7.19. The van der Waals surface area contributed by atoms with Gasteiger partial charge in [0, 0.05) is 44.0 Å².